The van der Waals surface area contributed by atoms with Crippen LogP contribution in [0.3, 0.4) is 0 Å². The Kier molecular flexibility index (Phi) is 6.33. The molecular weight excluding hydrogens is 450 g/mol. The molecule has 0 aliphatic carbocycles. The molecule has 1 heterocycles. The number of nitrogens with one attached hydrogen (secondary N) is 1. The summed E-state index contributed by atoms with van der Waals surface area (Å²) in [6, 6.07) is 31.3. The van der Waals surface area contributed by atoms with Crippen LogP contribution in [0.1, 0.15) is 16.7 Å². The first kappa shape index (κ1) is 23.1. The molecule has 1 amide bonds. The van der Waals surface area contributed by atoms with Gasteiger partial charge in [0.2, 0.25) is 5.91 Å². The third-order valence-electron chi connectivity index (χ3n) is 6.26. The van der Waals surface area contributed by atoms with Gasteiger partial charge in [-0.15, -0.1) is 0 Å². The number of hydrogen-bond acceptors (Lipinski definition) is 3. The van der Waals surface area contributed by atoms with E-state index in [0.717, 1.165) is 22.4 Å². The van der Waals surface area contributed by atoms with Crippen molar-refractivity contribution in [1.29, 1.82) is 0 Å². The fraction of sp³-hybridized carbons (Fsp3) is 0.100. The Morgan fingerprint density at radius 2 is 1.44 bits per heavy atom. The molecule has 5 aromatic rings. The highest BCUT2D eigenvalue weighted by molar-refractivity contribution is 5.92. The zero-order chi connectivity index (χ0) is 25.1. The van der Waals surface area contributed by atoms with E-state index < -0.39 is 5.69 Å². The van der Waals surface area contributed by atoms with Gasteiger partial charge < -0.3 is 5.32 Å². The Bertz CT molecular complexity index is 1670. The first-order chi connectivity index (χ1) is 17.5. The SMILES string of the molecule is Cc1ccccc1Cn1c(=O)n(-c2ccc(CC(=O)Nc3ccccc3)cc2)c(=O)c2ccccc21. The monoisotopic (exact) mass is 475 g/mol. The Morgan fingerprint density at radius 3 is 2.19 bits per heavy atom. The van der Waals surface area contributed by atoms with Crippen LogP contribution in [0.5, 0.6) is 0 Å². The summed E-state index contributed by atoms with van der Waals surface area (Å²) in [4.78, 5) is 39.4. The molecule has 0 saturated heterocycles. The fourth-order valence-electron chi connectivity index (χ4n) is 4.33. The number of hydrogen-bond donors (Lipinski definition) is 1. The molecular formula is C30H25N3O3. The van der Waals surface area contributed by atoms with E-state index in [1.165, 1.54) is 4.57 Å². The molecule has 0 unspecified atom stereocenters. The second kappa shape index (κ2) is 9.88. The Balaban J connectivity index is 1.50. The number of rotatable bonds is 6. The molecule has 6 heteroatoms. The normalized spacial score (nSPS) is 10.9. The van der Waals surface area contributed by atoms with Crippen LogP contribution in [0.4, 0.5) is 5.69 Å². The number of para-hydroxylation sites is 2. The molecule has 36 heavy (non-hydrogen) atoms. The van der Waals surface area contributed by atoms with Crippen LogP contribution in [-0.2, 0) is 17.8 Å². The predicted molar refractivity (Wildman–Crippen MR) is 143 cm³/mol. The first-order valence-electron chi connectivity index (χ1n) is 11.7. The van der Waals surface area contributed by atoms with Crippen molar-refractivity contribution >= 4 is 22.5 Å². The molecule has 0 atom stereocenters. The summed E-state index contributed by atoms with van der Waals surface area (Å²) in [5.41, 5.74) is 3.88. The molecule has 4 aromatic carbocycles. The van der Waals surface area contributed by atoms with Crippen molar-refractivity contribution in [2.75, 3.05) is 5.32 Å². The van der Waals surface area contributed by atoms with Crippen LogP contribution in [0.25, 0.3) is 16.6 Å². The highest BCUT2D eigenvalue weighted by atomic mass is 16.2. The second-order valence-corrected chi connectivity index (χ2v) is 8.71. The van der Waals surface area contributed by atoms with Gasteiger partial charge in [0, 0.05) is 5.69 Å². The maximum atomic E-state index is 13.6. The smallest absolute Gasteiger partial charge is 0.326 e. The number of nitrogens with zero attached hydrogens (tertiary/aromatic N) is 2. The number of amides is 1. The van der Waals surface area contributed by atoms with E-state index in [0.29, 0.717) is 23.1 Å². The number of aromatic nitrogens is 2. The van der Waals surface area contributed by atoms with Crippen LogP contribution in [0.2, 0.25) is 0 Å². The first-order valence-corrected chi connectivity index (χ1v) is 11.7. The van der Waals surface area contributed by atoms with Crippen molar-refractivity contribution in [3.05, 3.63) is 141 Å². The van der Waals surface area contributed by atoms with E-state index in [9.17, 15) is 14.4 Å². The fourth-order valence-corrected chi connectivity index (χ4v) is 4.33. The molecule has 0 aliphatic rings. The van der Waals surface area contributed by atoms with Gasteiger partial charge in [0.15, 0.2) is 0 Å². The lowest BCUT2D eigenvalue weighted by atomic mass is 10.1. The van der Waals surface area contributed by atoms with E-state index in [-0.39, 0.29) is 17.9 Å². The average molecular weight is 476 g/mol. The molecule has 0 fully saturated rings. The van der Waals surface area contributed by atoms with Gasteiger partial charge in [-0.2, -0.15) is 0 Å². The predicted octanol–water partition coefficient (Wildman–Crippen LogP) is 4.69. The van der Waals surface area contributed by atoms with Crippen LogP contribution >= 0.6 is 0 Å². The third kappa shape index (κ3) is 4.61. The van der Waals surface area contributed by atoms with Gasteiger partial charge in [0.1, 0.15) is 0 Å². The molecule has 1 aromatic heterocycles. The van der Waals surface area contributed by atoms with Crippen molar-refractivity contribution in [1.82, 2.24) is 9.13 Å². The molecule has 178 valence electrons. The largest absolute Gasteiger partial charge is 0.336 e. The number of carbonyl (C=O) groups excluding carboxylic acids is 1. The third-order valence-corrected chi connectivity index (χ3v) is 6.26. The average Bonchev–Trinajstić information content (AvgIpc) is 2.89. The van der Waals surface area contributed by atoms with Crippen molar-refractivity contribution in [2.24, 2.45) is 0 Å². The minimum atomic E-state index is -0.406. The van der Waals surface area contributed by atoms with Crippen molar-refractivity contribution in [3.63, 3.8) is 0 Å². The van der Waals surface area contributed by atoms with E-state index in [1.807, 2.05) is 67.6 Å². The summed E-state index contributed by atoms with van der Waals surface area (Å²) < 4.78 is 2.84. The number of fused-ring (bicyclic) bond motifs is 1. The maximum Gasteiger partial charge on any atom is 0.336 e. The summed E-state index contributed by atoms with van der Waals surface area (Å²) in [5, 5.41) is 3.33. The maximum absolute atomic E-state index is 13.6. The topological polar surface area (TPSA) is 73.1 Å². The van der Waals surface area contributed by atoms with Gasteiger partial charge in [0.25, 0.3) is 5.56 Å². The van der Waals surface area contributed by atoms with Crippen LogP contribution < -0.4 is 16.6 Å². The minimum absolute atomic E-state index is 0.141. The Labute approximate surface area is 208 Å². The van der Waals surface area contributed by atoms with Gasteiger partial charge in [-0.1, -0.05) is 66.7 Å². The van der Waals surface area contributed by atoms with E-state index in [1.54, 1.807) is 47.0 Å². The van der Waals surface area contributed by atoms with Crippen LogP contribution in [-0.4, -0.2) is 15.0 Å². The zero-order valence-corrected chi connectivity index (χ0v) is 19.8. The number of benzene rings is 4. The molecule has 1 N–H and O–H groups in total. The summed E-state index contributed by atoms with van der Waals surface area (Å²) in [7, 11) is 0. The van der Waals surface area contributed by atoms with Gasteiger partial charge in [-0.25, -0.2) is 9.36 Å². The molecule has 5 rings (SSSR count). The molecule has 0 saturated carbocycles. The highest BCUT2D eigenvalue weighted by Crippen LogP contribution is 2.15. The number of carbonyl (C=O) groups is 1. The van der Waals surface area contributed by atoms with Crippen molar-refractivity contribution in [2.45, 2.75) is 19.9 Å². The summed E-state index contributed by atoms with van der Waals surface area (Å²) in [6.45, 7) is 2.36. The van der Waals surface area contributed by atoms with Gasteiger partial charge >= 0.3 is 5.69 Å². The number of anilines is 1. The van der Waals surface area contributed by atoms with E-state index >= 15 is 0 Å². The Hall–Kier alpha value is -4.71. The molecule has 0 bridgehead atoms. The lowest BCUT2D eigenvalue weighted by molar-refractivity contribution is -0.115. The van der Waals surface area contributed by atoms with Crippen molar-refractivity contribution < 1.29 is 4.79 Å². The van der Waals surface area contributed by atoms with E-state index in [2.05, 4.69) is 5.32 Å². The summed E-state index contributed by atoms with van der Waals surface area (Å²) in [5.74, 6) is -0.141. The minimum Gasteiger partial charge on any atom is -0.326 e. The van der Waals surface area contributed by atoms with Crippen molar-refractivity contribution in [3.8, 4) is 5.69 Å². The van der Waals surface area contributed by atoms with Gasteiger partial charge in [0.05, 0.1) is 29.6 Å². The molecule has 0 radical (unpaired) electrons. The highest BCUT2D eigenvalue weighted by Gasteiger charge is 2.15. The molecule has 6 nitrogen and oxygen atoms in total. The zero-order valence-electron chi connectivity index (χ0n) is 19.8. The molecule has 0 spiro atoms. The lowest BCUT2D eigenvalue weighted by Gasteiger charge is -2.15. The van der Waals surface area contributed by atoms with E-state index in [4.69, 9.17) is 0 Å². The van der Waals surface area contributed by atoms with Gasteiger partial charge in [-0.05, 0) is 60.0 Å². The Morgan fingerprint density at radius 1 is 0.778 bits per heavy atom. The summed E-state index contributed by atoms with van der Waals surface area (Å²) in [6.07, 6.45) is 0.180. The van der Waals surface area contributed by atoms with Crippen LogP contribution in [0, 0.1) is 6.92 Å². The van der Waals surface area contributed by atoms with Crippen LogP contribution in [0.15, 0.2) is 113 Å². The standard InChI is InChI=1S/C30H25N3O3/c1-21-9-5-6-10-23(21)20-32-27-14-8-7-13-26(27)29(35)33(30(32)36)25-17-15-22(16-18-25)19-28(34)31-24-11-3-2-4-12-24/h2-18H,19-20H2,1H3,(H,31,34). The molecule has 0 aliphatic heterocycles. The summed E-state index contributed by atoms with van der Waals surface area (Å²) >= 11 is 0. The number of aryl methyl sites for hydroxylation is 1. The lowest BCUT2D eigenvalue weighted by Crippen LogP contribution is -2.39. The quantitative estimate of drug-likeness (QED) is 0.387. The van der Waals surface area contributed by atoms with Gasteiger partial charge in [-0.3, -0.25) is 14.2 Å². The second-order valence-electron chi connectivity index (χ2n) is 8.71.